The molecule has 1 aromatic heterocycles. The fourth-order valence-corrected chi connectivity index (χ4v) is 2.18. The monoisotopic (exact) mass is 331 g/mol. The molecule has 0 aromatic carbocycles. The zero-order valence-electron chi connectivity index (χ0n) is 11.8. The smallest absolute Gasteiger partial charge is 0.144 e. The summed E-state index contributed by atoms with van der Waals surface area (Å²) in [6, 6.07) is 0. The molecule has 1 aromatic rings. The molecule has 6 heteroatoms. The third-order valence-corrected chi connectivity index (χ3v) is 3.38. The predicted molar refractivity (Wildman–Crippen MR) is 79.7 cm³/mol. The van der Waals surface area contributed by atoms with E-state index in [1.54, 1.807) is 7.11 Å². The Bertz CT molecular complexity index is 388. The molecular weight excluding hydrogens is 310 g/mol. The molecule has 0 aliphatic rings. The number of rotatable bonds is 9. The third kappa shape index (κ3) is 5.42. The first kappa shape index (κ1) is 16.3. The molecule has 0 aliphatic carbocycles. The summed E-state index contributed by atoms with van der Waals surface area (Å²) in [6.45, 7) is 6.80. The maximum atomic E-state index is 5.44. The number of aromatic nitrogens is 2. The summed E-state index contributed by atoms with van der Waals surface area (Å²) in [5, 5.41) is 3.24. The Balaban J connectivity index is 2.64. The van der Waals surface area contributed by atoms with Crippen molar-refractivity contribution in [1.82, 2.24) is 9.97 Å². The SMILES string of the molecule is CCNc1nc(CCOCCOC)nc(CC)c1Br. The third-order valence-electron chi connectivity index (χ3n) is 2.55. The van der Waals surface area contributed by atoms with Crippen LogP contribution >= 0.6 is 15.9 Å². The minimum atomic E-state index is 0.605. The first-order valence-corrected chi connectivity index (χ1v) is 7.38. The molecule has 1 N–H and O–H groups in total. The van der Waals surface area contributed by atoms with Gasteiger partial charge in [0.2, 0.25) is 0 Å². The molecule has 0 bridgehead atoms. The Hall–Kier alpha value is -0.720. The lowest BCUT2D eigenvalue weighted by molar-refractivity contribution is 0.0716. The highest BCUT2D eigenvalue weighted by Crippen LogP contribution is 2.24. The van der Waals surface area contributed by atoms with Crippen LogP contribution in [0.2, 0.25) is 0 Å². The van der Waals surface area contributed by atoms with Gasteiger partial charge in [0.1, 0.15) is 11.6 Å². The van der Waals surface area contributed by atoms with Crippen LogP contribution in [0.5, 0.6) is 0 Å². The topological polar surface area (TPSA) is 56.3 Å². The van der Waals surface area contributed by atoms with Crippen molar-refractivity contribution >= 4 is 21.7 Å². The second-order valence-corrected chi connectivity index (χ2v) is 4.78. The molecule has 19 heavy (non-hydrogen) atoms. The van der Waals surface area contributed by atoms with Crippen LogP contribution in [-0.4, -0.2) is 43.4 Å². The normalized spacial score (nSPS) is 10.7. The molecule has 0 amide bonds. The molecule has 0 fully saturated rings. The molecule has 0 spiro atoms. The lowest BCUT2D eigenvalue weighted by atomic mass is 10.3. The predicted octanol–water partition coefficient (Wildman–Crippen LogP) is 2.44. The minimum Gasteiger partial charge on any atom is -0.382 e. The quantitative estimate of drug-likeness (QED) is 0.704. The highest BCUT2D eigenvalue weighted by atomic mass is 79.9. The van der Waals surface area contributed by atoms with E-state index in [2.05, 4.69) is 38.1 Å². The van der Waals surface area contributed by atoms with Gasteiger partial charge in [-0.15, -0.1) is 0 Å². The highest BCUT2D eigenvalue weighted by Gasteiger charge is 2.10. The van der Waals surface area contributed by atoms with Gasteiger partial charge in [-0.2, -0.15) is 0 Å². The second-order valence-electron chi connectivity index (χ2n) is 3.99. The number of ether oxygens (including phenoxy) is 2. The van der Waals surface area contributed by atoms with Crippen LogP contribution in [0, 0.1) is 0 Å². The summed E-state index contributed by atoms with van der Waals surface area (Å²) in [6.07, 6.45) is 1.58. The molecule has 0 radical (unpaired) electrons. The standard InChI is InChI=1S/C13H22BrN3O2/c1-4-10-12(14)13(15-5-2)17-11(16-10)6-7-19-9-8-18-3/h4-9H2,1-3H3,(H,15,16,17). The second kappa shape index (κ2) is 9.23. The van der Waals surface area contributed by atoms with Gasteiger partial charge in [-0.05, 0) is 29.3 Å². The minimum absolute atomic E-state index is 0.605. The summed E-state index contributed by atoms with van der Waals surface area (Å²) < 4.78 is 11.3. The summed E-state index contributed by atoms with van der Waals surface area (Å²) >= 11 is 3.54. The number of aryl methyl sites for hydroxylation is 1. The van der Waals surface area contributed by atoms with Crippen LogP contribution in [0.1, 0.15) is 25.4 Å². The van der Waals surface area contributed by atoms with Crippen molar-refractivity contribution in [2.75, 3.05) is 38.8 Å². The Morgan fingerprint density at radius 1 is 1.16 bits per heavy atom. The lowest BCUT2D eigenvalue weighted by Crippen LogP contribution is -2.11. The van der Waals surface area contributed by atoms with Crippen LogP contribution in [0.3, 0.4) is 0 Å². The largest absolute Gasteiger partial charge is 0.382 e. The molecular formula is C13H22BrN3O2. The molecule has 0 aliphatic heterocycles. The van der Waals surface area contributed by atoms with Gasteiger partial charge in [0.15, 0.2) is 0 Å². The van der Waals surface area contributed by atoms with E-state index in [0.29, 0.717) is 26.2 Å². The molecule has 108 valence electrons. The highest BCUT2D eigenvalue weighted by molar-refractivity contribution is 9.10. The zero-order chi connectivity index (χ0) is 14.1. The maximum absolute atomic E-state index is 5.44. The Morgan fingerprint density at radius 2 is 1.95 bits per heavy atom. The first-order chi connectivity index (χ1) is 9.22. The molecule has 0 atom stereocenters. The summed E-state index contributed by atoms with van der Waals surface area (Å²) in [5.74, 6) is 1.68. The number of halogens is 1. The fraction of sp³-hybridized carbons (Fsp3) is 0.692. The van der Waals surface area contributed by atoms with Crippen molar-refractivity contribution in [2.24, 2.45) is 0 Å². The average molecular weight is 332 g/mol. The average Bonchev–Trinajstić information content (AvgIpc) is 2.42. The summed E-state index contributed by atoms with van der Waals surface area (Å²) in [7, 11) is 1.66. The van der Waals surface area contributed by atoms with Gasteiger partial charge in [-0.1, -0.05) is 6.92 Å². The van der Waals surface area contributed by atoms with Crippen molar-refractivity contribution < 1.29 is 9.47 Å². The fourth-order valence-electron chi connectivity index (χ4n) is 1.58. The number of anilines is 1. The Morgan fingerprint density at radius 3 is 2.58 bits per heavy atom. The molecule has 1 rings (SSSR count). The number of hydrogen-bond acceptors (Lipinski definition) is 5. The molecule has 0 saturated carbocycles. The number of methoxy groups -OCH3 is 1. The van der Waals surface area contributed by atoms with Gasteiger partial charge in [0.05, 0.1) is 30.0 Å². The maximum Gasteiger partial charge on any atom is 0.144 e. The van der Waals surface area contributed by atoms with Crippen LogP contribution in [-0.2, 0) is 22.3 Å². The van der Waals surface area contributed by atoms with Gasteiger partial charge in [0.25, 0.3) is 0 Å². The van der Waals surface area contributed by atoms with Gasteiger partial charge in [0, 0.05) is 20.1 Å². The van der Waals surface area contributed by atoms with Crippen LogP contribution < -0.4 is 5.32 Å². The van der Waals surface area contributed by atoms with E-state index in [-0.39, 0.29) is 0 Å². The van der Waals surface area contributed by atoms with E-state index < -0.39 is 0 Å². The molecule has 0 saturated heterocycles. The molecule has 1 heterocycles. The van der Waals surface area contributed by atoms with Crippen molar-refractivity contribution in [3.05, 3.63) is 16.0 Å². The van der Waals surface area contributed by atoms with Crippen molar-refractivity contribution in [3.8, 4) is 0 Å². The zero-order valence-corrected chi connectivity index (χ0v) is 13.4. The van der Waals surface area contributed by atoms with Gasteiger partial charge in [-0.25, -0.2) is 9.97 Å². The van der Waals surface area contributed by atoms with Crippen molar-refractivity contribution in [3.63, 3.8) is 0 Å². The van der Waals surface area contributed by atoms with Gasteiger partial charge >= 0.3 is 0 Å². The Kier molecular flexibility index (Phi) is 7.93. The van der Waals surface area contributed by atoms with Gasteiger partial charge < -0.3 is 14.8 Å². The summed E-state index contributed by atoms with van der Waals surface area (Å²) in [5.41, 5.74) is 1.03. The molecule has 5 nitrogen and oxygen atoms in total. The first-order valence-electron chi connectivity index (χ1n) is 6.58. The number of nitrogens with zero attached hydrogens (tertiary/aromatic N) is 2. The van der Waals surface area contributed by atoms with Gasteiger partial charge in [-0.3, -0.25) is 0 Å². The van der Waals surface area contributed by atoms with Crippen molar-refractivity contribution in [2.45, 2.75) is 26.7 Å². The number of hydrogen-bond donors (Lipinski definition) is 1. The lowest BCUT2D eigenvalue weighted by Gasteiger charge is -2.11. The van der Waals surface area contributed by atoms with E-state index >= 15 is 0 Å². The van der Waals surface area contributed by atoms with Crippen LogP contribution in [0.15, 0.2) is 4.47 Å². The van der Waals surface area contributed by atoms with E-state index in [1.165, 1.54) is 0 Å². The van der Waals surface area contributed by atoms with E-state index in [1.807, 2.05) is 6.92 Å². The van der Waals surface area contributed by atoms with Crippen LogP contribution in [0.25, 0.3) is 0 Å². The number of nitrogens with one attached hydrogen (secondary N) is 1. The van der Waals surface area contributed by atoms with E-state index in [4.69, 9.17) is 9.47 Å². The molecule has 0 unspecified atom stereocenters. The Labute approximate surface area is 123 Å². The van der Waals surface area contributed by atoms with E-state index in [9.17, 15) is 0 Å². The summed E-state index contributed by atoms with van der Waals surface area (Å²) in [4.78, 5) is 9.05. The van der Waals surface area contributed by atoms with E-state index in [0.717, 1.165) is 34.8 Å². The van der Waals surface area contributed by atoms with Crippen LogP contribution in [0.4, 0.5) is 5.82 Å². The van der Waals surface area contributed by atoms with Crippen molar-refractivity contribution in [1.29, 1.82) is 0 Å².